The molecule has 0 N–H and O–H groups in total. The molecule has 4 nitrogen and oxygen atoms in total. The molecule has 4 atom stereocenters. The molecule has 3 fully saturated rings. The number of carbonyl (C=O) groups excluding carboxylic acids is 2. The molecule has 2 aliphatic carbocycles. The number of ether oxygens (including phenoxy) is 2. The monoisotopic (exact) mass is 294 g/mol. The maximum Gasteiger partial charge on any atom is 0.312 e. The summed E-state index contributed by atoms with van der Waals surface area (Å²) in [4.78, 5) is 23.8. The average Bonchev–Trinajstić information content (AvgIpc) is 3.04. The van der Waals surface area contributed by atoms with Crippen molar-refractivity contribution in [1.29, 1.82) is 0 Å². The summed E-state index contributed by atoms with van der Waals surface area (Å²) in [6, 6.07) is 0. The van der Waals surface area contributed by atoms with Crippen molar-refractivity contribution in [2.75, 3.05) is 7.11 Å². The van der Waals surface area contributed by atoms with Crippen LogP contribution >= 0.6 is 0 Å². The predicted molar refractivity (Wildman–Crippen MR) is 77.7 cm³/mol. The highest BCUT2D eigenvalue weighted by Gasteiger charge is 2.78. The fourth-order valence-corrected chi connectivity index (χ4v) is 5.11. The Morgan fingerprint density at radius 2 is 1.90 bits per heavy atom. The summed E-state index contributed by atoms with van der Waals surface area (Å²) in [5, 5.41) is 0. The van der Waals surface area contributed by atoms with Crippen molar-refractivity contribution in [3.05, 3.63) is 0 Å². The van der Waals surface area contributed by atoms with Crippen LogP contribution in [0.15, 0.2) is 0 Å². The molecule has 3 aliphatic rings. The van der Waals surface area contributed by atoms with Crippen molar-refractivity contribution in [3.63, 3.8) is 0 Å². The van der Waals surface area contributed by atoms with E-state index in [1.54, 1.807) is 0 Å². The van der Waals surface area contributed by atoms with Gasteiger partial charge in [-0.25, -0.2) is 0 Å². The zero-order valence-corrected chi connectivity index (χ0v) is 13.5. The van der Waals surface area contributed by atoms with Crippen LogP contribution in [0.4, 0.5) is 0 Å². The highest BCUT2D eigenvalue weighted by atomic mass is 16.6. The number of aldehydes is 1. The summed E-state index contributed by atoms with van der Waals surface area (Å²) in [6.45, 7) is 6.59. The third-order valence-electron chi connectivity index (χ3n) is 6.52. The van der Waals surface area contributed by atoms with Gasteiger partial charge in [0.1, 0.15) is 11.9 Å². The van der Waals surface area contributed by atoms with Crippen LogP contribution in [-0.2, 0) is 19.1 Å². The van der Waals surface area contributed by atoms with E-state index in [4.69, 9.17) is 9.47 Å². The number of hydrogen-bond acceptors (Lipinski definition) is 4. The lowest BCUT2D eigenvalue weighted by Gasteiger charge is -2.52. The Morgan fingerprint density at radius 3 is 2.52 bits per heavy atom. The van der Waals surface area contributed by atoms with E-state index in [1.807, 2.05) is 0 Å². The van der Waals surface area contributed by atoms with Crippen molar-refractivity contribution in [1.82, 2.24) is 0 Å². The molecule has 1 heterocycles. The van der Waals surface area contributed by atoms with Crippen LogP contribution < -0.4 is 0 Å². The van der Waals surface area contributed by atoms with Crippen molar-refractivity contribution in [2.24, 2.45) is 16.7 Å². The molecule has 0 radical (unpaired) electrons. The molecule has 0 aromatic rings. The molecule has 0 unspecified atom stereocenters. The van der Waals surface area contributed by atoms with Crippen molar-refractivity contribution >= 4 is 12.3 Å². The van der Waals surface area contributed by atoms with Gasteiger partial charge < -0.3 is 14.3 Å². The van der Waals surface area contributed by atoms with E-state index < -0.39 is 11.0 Å². The maximum atomic E-state index is 12.6. The molecule has 0 amide bonds. The summed E-state index contributed by atoms with van der Waals surface area (Å²) in [7, 11) is 1.47. The van der Waals surface area contributed by atoms with E-state index in [9.17, 15) is 9.59 Å². The Labute approximate surface area is 126 Å². The van der Waals surface area contributed by atoms with Crippen molar-refractivity contribution in [2.45, 2.75) is 70.5 Å². The lowest BCUT2D eigenvalue weighted by Crippen LogP contribution is -2.56. The SMILES string of the molecule is COC(=O)[C@]12CCC(C)(C)C[C@@H]1[C@@]1(CC=O)O[C@@]1(C)CC2. The highest BCUT2D eigenvalue weighted by molar-refractivity contribution is 5.78. The molecular weight excluding hydrogens is 268 g/mol. The first-order valence-electron chi connectivity index (χ1n) is 7.98. The normalized spacial score (nSPS) is 47.0. The Kier molecular flexibility index (Phi) is 3.08. The largest absolute Gasteiger partial charge is 0.469 e. The number of methoxy groups -OCH3 is 1. The second-order valence-electron chi connectivity index (χ2n) is 8.16. The first-order chi connectivity index (χ1) is 9.75. The van der Waals surface area contributed by atoms with Crippen LogP contribution in [0, 0.1) is 16.7 Å². The van der Waals surface area contributed by atoms with Gasteiger partial charge in [0, 0.05) is 12.3 Å². The molecule has 0 aromatic heterocycles. The van der Waals surface area contributed by atoms with Crippen LogP contribution in [0.5, 0.6) is 0 Å². The van der Waals surface area contributed by atoms with Crippen LogP contribution in [0.1, 0.15) is 59.3 Å². The van der Waals surface area contributed by atoms with E-state index in [-0.39, 0.29) is 22.9 Å². The summed E-state index contributed by atoms with van der Waals surface area (Å²) < 4.78 is 11.3. The van der Waals surface area contributed by atoms with E-state index in [0.29, 0.717) is 6.42 Å². The fraction of sp³-hybridized carbons (Fsp3) is 0.882. The van der Waals surface area contributed by atoms with Gasteiger partial charge in [-0.1, -0.05) is 13.8 Å². The van der Waals surface area contributed by atoms with E-state index in [2.05, 4.69) is 20.8 Å². The number of carbonyl (C=O) groups is 2. The van der Waals surface area contributed by atoms with Crippen LogP contribution in [0.2, 0.25) is 0 Å². The molecule has 1 aliphatic heterocycles. The van der Waals surface area contributed by atoms with Gasteiger partial charge in [-0.15, -0.1) is 0 Å². The topological polar surface area (TPSA) is 55.9 Å². The van der Waals surface area contributed by atoms with Gasteiger partial charge in [0.25, 0.3) is 0 Å². The molecule has 2 saturated carbocycles. The summed E-state index contributed by atoms with van der Waals surface area (Å²) >= 11 is 0. The molecular formula is C17H26O4. The lowest BCUT2D eigenvalue weighted by molar-refractivity contribution is -0.168. The first-order valence-corrected chi connectivity index (χ1v) is 7.98. The van der Waals surface area contributed by atoms with Crippen LogP contribution in [0.3, 0.4) is 0 Å². The van der Waals surface area contributed by atoms with Crippen LogP contribution in [-0.4, -0.2) is 30.6 Å². The lowest BCUT2D eigenvalue weighted by atomic mass is 9.49. The standard InChI is InChI=1S/C17H26O4/c1-14(2)5-7-16(13(19)20-4)8-6-15(3)17(21-15,9-10-18)12(16)11-14/h10,12H,5-9,11H2,1-4H3/t12-,15-,16-,17+/m0/s1. The average molecular weight is 294 g/mol. The van der Waals surface area contributed by atoms with Crippen molar-refractivity contribution < 1.29 is 19.1 Å². The summed E-state index contributed by atoms with van der Waals surface area (Å²) in [6.07, 6.45) is 5.79. The zero-order chi connectivity index (χ0) is 15.5. The minimum Gasteiger partial charge on any atom is -0.469 e. The van der Waals surface area contributed by atoms with E-state index in [1.165, 1.54) is 7.11 Å². The summed E-state index contributed by atoms with van der Waals surface area (Å²) in [5.74, 6) is -0.0176. The first kappa shape index (κ1) is 15.0. The zero-order valence-electron chi connectivity index (χ0n) is 13.5. The second-order valence-corrected chi connectivity index (χ2v) is 8.16. The molecule has 0 aromatic carbocycles. The number of epoxide rings is 1. The molecule has 118 valence electrons. The predicted octanol–water partition coefficient (Wildman–Crippen LogP) is 2.88. The van der Waals surface area contributed by atoms with Crippen LogP contribution in [0.25, 0.3) is 0 Å². The van der Waals surface area contributed by atoms with E-state index in [0.717, 1.165) is 38.4 Å². The molecule has 21 heavy (non-hydrogen) atoms. The molecule has 3 rings (SSSR count). The molecule has 0 spiro atoms. The minimum atomic E-state index is -0.455. The molecule has 0 bridgehead atoms. The van der Waals surface area contributed by atoms with Gasteiger partial charge in [-0.05, 0) is 44.4 Å². The smallest absolute Gasteiger partial charge is 0.312 e. The maximum absolute atomic E-state index is 12.6. The Bertz CT molecular complexity index is 485. The van der Waals surface area contributed by atoms with Gasteiger partial charge >= 0.3 is 5.97 Å². The second kappa shape index (κ2) is 4.31. The number of esters is 1. The van der Waals surface area contributed by atoms with Gasteiger partial charge in [0.05, 0.1) is 18.1 Å². The molecule has 1 saturated heterocycles. The minimum absolute atomic E-state index is 0.0881. The summed E-state index contributed by atoms with van der Waals surface area (Å²) in [5.41, 5.74) is -0.950. The quantitative estimate of drug-likeness (QED) is 0.456. The van der Waals surface area contributed by atoms with Gasteiger partial charge in [0.2, 0.25) is 0 Å². The van der Waals surface area contributed by atoms with Gasteiger partial charge in [-0.2, -0.15) is 0 Å². The fourth-order valence-electron chi connectivity index (χ4n) is 5.11. The highest BCUT2D eigenvalue weighted by Crippen LogP contribution is 2.71. The van der Waals surface area contributed by atoms with Crippen molar-refractivity contribution in [3.8, 4) is 0 Å². The Balaban J connectivity index is 2.04. The third-order valence-corrected chi connectivity index (χ3v) is 6.52. The third kappa shape index (κ3) is 1.84. The Hall–Kier alpha value is -0.900. The number of hydrogen-bond donors (Lipinski definition) is 0. The van der Waals surface area contributed by atoms with Gasteiger partial charge in [0.15, 0.2) is 0 Å². The molecule has 4 heteroatoms. The Morgan fingerprint density at radius 1 is 1.24 bits per heavy atom. The number of rotatable bonds is 3. The van der Waals surface area contributed by atoms with Gasteiger partial charge in [-0.3, -0.25) is 4.79 Å². The number of fused-ring (bicyclic) bond motifs is 3. The van der Waals surface area contributed by atoms with E-state index >= 15 is 0 Å².